The predicted molar refractivity (Wildman–Crippen MR) is 102 cm³/mol. The summed E-state index contributed by atoms with van der Waals surface area (Å²) in [7, 11) is -3.91. The van der Waals surface area contributed by atoms with Crippen LogP contribution in [0.5, 0.6) is 0 Å². The Morgan fingerprint density at radius 2 is 1.89 bits per heavy atom. The van der Waals surface area contributed by atoms with Crippen LogP contribution in [0.1, 0.15) is 24.2 Å². The van der Waals surface area contributed by atoms with Crippen molar-refractivity contribution in [3.63, 3.8) is 0 Å². The number of carbonyl (C=O) groups excluding carboxylic acids is 2. The molecule has 1 aliphatic rings. The van der Waals surface area contributed by atoms with Gasteiger partial charge in [-0.1, -0.05) is 23.9 Å². The first-order valence-corrected chi connectivity index (χ1v) is 10.4. The van der Waals surface area contributed by atoms with Gasteiger partial charge in [0.1, 0.15) is 0 Å². The molecule has 3 rings (SSSR count). The largest absolute Gasteiger partial charge is 0.366 e. The van der Waals surface area contributed by atoms with Crippen molar-refractivity contribution in [2.75, 3.05) is 5.88 Å². The second kappa shape index (κ2) is 7.56. The molecule has 0 unspecified atom stereocenters. The van der Waals surface area contributed by atoms with Gasteiger partial charge in [-0.05, 0) is 48.5 Å². The van der Waals surface area contributed by atoms with Crippen LogP contribution in [0.4, 0.5) is 0 Å². The van der Waals surface area contributed by atoms with E-state index in [1.807, 2.05) is 0 Å². The van der Waals surface area contributed by atoms with Gasteiger partial charge in [0.05, 0.1) is 22.0 Å². The Labute approximate surface area is 165 Å². The standard InChI is InChI=1S/C16H16N6O4S2/c1-3-12-13(4-2)28(25,26)21(15(12)24)9-27-16-18-19-20-22(16)11-7-5-10(6-8-11)14(17)23/h3-8H,9H2,1-2H3,(H2,17,23)/b12-3+,13-4+. The van der Waals surface area contributed by atoms with Crippen LogP contribution in [0.2, 0.25) is 0 Å². The number of allylic oxidation sites excluding steroid dienone is 2. The highest BCUT2D eigenvalue weighted by Gasteiger charge is 2.43. The number of aromatic nitrogens is 4. The van der Waals surface area contributed by atoms with Gasteiger partial charge in [-0.15, -0.1) is 5.10 Å². The maximum absolute atomic E-state index is 12.6. The molecule has 2 N–H and O–H groups in total. The first-order chi connectivity index (χ1) is 13.3. The minimum absolute atomic E-state index is 0.0118. The van der Waals surface area contributed by atoms with Gasteiger partial charge in [-0.25, -0.2) is 12.7 Å². The van der Waals surface area contributed by atoms with Crippen LogP contribution in [0.25, 0.3) is 5.69 Å². The number of nitrogens with zero attached hydrogens (tertiary/aromatic N) is 5. The summed E-state index contributed by atoms with van der Waals surface area (Å²) in [5.74, 6) is -1.33. The summed E-state index contributed by atoms with van der Waals surface area (Å²) in [6, 6.07) is 6.26. The van der Waals surface area contributed by atoms with Gasteiger partial charge in [0.15, 0.2) is 0 Å². The molecule has 2 heterocycles. The second-order valence-corrected chi connectivity index (χ2v) is 8.31. The van der Waals surface area contributed by atoms with Crippen LogP contribution in [0.3, 0.4) is 0 Å². The third kappa shape index (κ3) is 3.31. The number of hydrogen-bond acceptors (Lipinski definition) is 8. The Bertz CT molecular complexity index is 1100. The van der Waals surface area contributed by atoms with Crippen LogP contribution in [-0.2, 0) is 14.8 Å². The molecule has 0 aliphatic carbocycles. The molecule has 2 aromatic rings. The van der Waals surface area contributed by atoms with Crippen LogP contribution in [0, 0.1) is 0 Å². The number of rotatable bonds is 5. The molecular weight excluding hydrogens is 404 g/mol. The summed E-state index contributed by atoms with van der Waals surface area (Å²) in [4.78, 5) is 23.6. The monoisotopic (exact) mass is 420 g/mol. The molecule has 1 aromatic heterocycles. The zero-order chi connectivity index (χ0) is 20.5. The van der Waals surface area contributed by atoms with E-state index in [1.54, 1.807) is 26.0 Å². The first kappa shape index (κ1) is 19.8. The van der Waals surface area contributed by atoms with Crippen molar-refractivity contribution < 1.29 is 18.0 Å². The van der Waals surface area contributed by atoms with E-state index >= 15 is 0 Å². The molecule has 0 bridgehead atoms. The maximum atomic E-state index is 12.6. The van der Waals surface area contributed by atoms with E-state index in [9.17, 15) is 18.0 Å². The highest BCUT2D eigenvalue weighted by molar-refractivity contribution is 8.00. The average Bonchev–Trinajstić information content (AvgIpc) is 3.20. The van der Waals surface area contributed by atoms with Crippen molar-refractivity contribution in [1.29, 1.82) is 0 Å². The minimum atomic E-state index is -3.91. The van der Waals surface area contributed by atoms with Gasteiger partial charge in [0.25, 0.3) is 15.9 Å². The summed E-state index contributed by atoms with van der Waals surface area (Å²) in [5, 5.41) is 11.6. The van der Waals surface area contributed by atoms with Crippen LogP contribution >= 0.6 is 11.8 Å². The summed E-state index contributed by atoms with van der Waals surface area (Å²) >= 11 is 0.994. The molecule has 0 atom stereocenters. The van der Waals surface area contributed by atoms with Gasteiger partial charge in [-0.2, -0.15) is 4.68 Å². The topological polar surface area (TPSA) is 141 Å². The molecule has 1 aliphatic heterocycles. The Balaban J connectivity index is 1.84. The van der Waals surface area contributed by atoms with E-state index in [0.717, 1.165) is 16.1 Å². The van der Waals surface area contributed by atoms with Gasteiger partial charge in [-0.3, -0.25) is 9.59 Å². The number of carbonyl (C=O) groups is 2. The van der Waals surface area contributed by atoms with E-state index in [-0.39, 0.29) is 21.5 Å². The molecule has 28 heavy (non-hydrogen) atoms. The predicted octanol–water partition coefficient (Wildman–Crippen LogP) is 0.833. The third-order valence-corrected chi connectivity index (χ3v) is 6.94. The van der Waals surface area contributed by atoms with E-state index in [0.29, 0.717) is 11.3 Å². The van der Waals surface area contributed by atoms with Crippen molar-refractivity contribution in [1.82, 2.24) is 24.5 Å². The lowest BCUT2D eigenvalue weighted by atomic mass is 10.2. The second-order valence-electron chi connectivity index (χ2n) is 5.57. The van der Waals surface area contributed by atoms with E-state index in [2.05, 4.69) is 15.5 Å². The van der Waals surface area contributed by atoms with E-state index in [4.69, 9.17) is 5.73 Å². The van der Waals surface area contributed by atoms with Crippen LogP contribution in [-0.4, -0.2) is 50.6 Å². The molecule has 0 radical (unpaired) electrons. The molecule has 10 nitrogen and oxygen atoms in total. The van der Waals surface area contributed by atoms with E-state index < -0.39 is 21.8 Å². The number of sulfonamides is 1. The Kier molecular flexibility index (Phi) is 5.34. The van der Waals surface area contributed by atoms with Crippen molar-refractivity contribution in [3.05, 3.63) is 52.5 Å². The van der Waals surface area contributed by atoms with Gasteiger partial charge >= 0.3 is 0 Å². The van der Waals surface area contributed by atoms with Crippen LogP contribution in [0.15, 0.2) is 52.1 Å². The summed E-state index contributed by atoms with van der Waals surface area (Å²) in [6.07, 6.45) is 2.88. The van der Waals surface area contributed by atoms with Crippen molar-refractivity contribution >= 4 is 33.6 Å². The third-order valence-electron chi connectivity index (χ3n) is 3.99. The number of thioether (sulfide) groups is 1. The minimum Gasteiger partial charge on any atom is -0.366 e. The van der Waals surface area contributed by atoms with Gasteiger partial charge in [0, 0.05) is 5.56 Å². The zero-order valence-electron chi connectivity index (χ0n) is 14.9. The smallest absolute Gasteiger partial charge is 0.269 e. The highest BCUT2D eigenvalue weighted by atomic mass is 32.2. The fourth-order valence-electron chi connectivity index (χ4n) is 2.62. The van der Waals surface area contributed by atoms with Crippen molar-refractivity contribution in [3.8, 4) is 5.69 Å². The quantitative estimate of drug-likeness (QED) is 0.554. The number of nitrogens with two attached hydrogens (primary N) is 1. The van der Waals surface area contributed by atoms with Crippen molar-refractivity contribution in [2.45, 2.75) is 19.0 Å². The molecule has 1 fully saturated rings. The number of hydrogen-bond donors (Lipinski definition) is 1. The van der Waals surface area contributed by atoms with E-state index in [1.165, 1.54) is 29.0 Å². The van der Waals surface area contributed by atoms with Crippen LogP contribution < -0.4 is 5.73 Å². The Morgan fingerprint density at radius 3 is 2.43 bits per heavy atom. The highest BCUT2D eigenvalue weighted by Crippen LogP contribution is 2.34. The van der Waals surface area contributed by atoms with Gasteiger partial charge < -0.3 is 5.73 Å². The zero-order valence-corrected chi connectivity index (χ0v) is 16.6. The molecule has 2 amide bonds. The first-order valence-electron chi connectivity index (χ1n) is 8.02. The Morgan fingerprint density at radius 1 is 1.21 bits per heavy atom. The molecule has 0 spiro atoms. The molecule has 146 valence electrons. The molecular formula is C16H16N6O4S2. The fraction of sp³-hybridized carbons (Fsp3) is 0.188. The summed E-state index contributed by atoms with van der Waals surface area (Å²) in [5.41, 5.74) is 6.25. The molecule has 1 saturated heterocycles. The SMILES string of the molecule is C/C=C1/C(=O)N(CSc2nnnn2-c2ccc(C(N)=O)cc2)S(=O)(=O)/C1=C/C. The number of primary amides is 1. The number of tetrazole rings is 1. The molecule has 12 heteroatoms. The number of benzene rings is 1. The average molecular weight is 420 g/mol. The molecule has 1 aromatic carbocycles. The normalized spacial score (nSPS) is 18.9. The number of amides is 2. The van der Waals surface area contributed by atoms with Crippen molar-refractivity contribution in [2.24, 2.45) is 5.73 Å². The molecule has 0 saturated carbocycles. The lowest BCUT2D eigenvalue weighted by Crippen LogP contribution is -2.29. The van der Waals surface area contributed by atoms with Gasteiger partial charge in [0.2, 0.25) is 11.1 Å². The Hall–Kier alpha value is -2.99. The lowest BCUT2D eigenvalue weighted by Gasteiger charge is -2.13. The summed E-state index contributed by atoms with van der Waals surface area (Å²) in [6.45, 7) is 3.18. The fourth-order valence-corrected chi connectivity index (χ4v) is 5.38. The maximum Gasteiger partial charge on any atom is 0.269 e. The lowest BCUT2D eigenvalue weighted by molar-refractivity contribution is -0.121. The summed E-state index contributed by atoms with van der Waals surface area (Å²) < 4.78 is 27.4.